The summed E-state index contributed by atoms with van der Waals surface area (Å²) in [6, 6.07) is 0. The third-order valence-electron chi connectivity index (χ3n) is 2.14. The quantitative estimate of drug-likeness (QED) is 0.409. The van der Waals surface area contributed by atoms with Crippen LogP contribution in [0.5, 0.6) is 0 Å². The molecule has 0 aliphatic rings. The molecular weight excluding hydrogens is 354 g/mol. The van der Waals surface area contributed by atoms with Crippen LogP contribution in [0.4, 0.5) is 26.3 Å². The largest absolute Gasteiger partial charge is 0.547 e. The van der Waals surface area contributed by atoms with Gasteiger partial charge in [0.15, 0.2) is 14.0 Å². The van der Waals surface area contributed by atoms with E-state index in [1.54, 1.807) is 0 Å². The molecule has 1 unspecified atom stereocenters. The predicted octanol–water partition coefficient (Wildman–Crippen LogP) is 1.55. The highest BCUT2D eigenvalue weighted by molar-refractivity contribution is 7.95. The zero-order chi connectivity index (χ0) is 17.1. The highest BCUT2D eigenvalue weighted by atomic mass is 35.5. The molecule has 12 heteroatoms. The van der Waals surface area contributed by atoms with E-state index >= 15 is 0 Å². The first-order chi connectivity index (χ1) is 9.11. The van der Waals surface area contributed by atoms with Gasteiger partial charge in [-0.1, -0.05) is 17.7 Å². The van der Waals surface area contributed by atoms with Gasteiger partial charge in [0, 0.05) is 12.5 Å². The van der Waals surface area contributed by atoms with E-state index in [1.807, 2.05) is 0 Å². The molecule has 0 aromatic carbocycles. The SMILES string of the molecule is O=C([O-])C(Cl)(CC=CC(F)(F)F)S(=O)(=O)CCC(F)(F)F. The second-order valence-electron chi connectivity index (χ2n) is 3.85. The first-order valence-electron chi connectivity index (χ1n) is 5.04. The Balaban J connectivity index is 5.28. The van der Waals surface area contributed by atoms with Crippen LogP contribution in [-0.2, 0) is 14.6 Å². The third-order valence-corrected chi connectivity index (χ3v) is 5.21. The standard InChI is InChI=1S/C9H9ClF6O4S/c10-7(6(17)18,2-1-3-8(11,12)13)21(19,20)5-4-9(14,15)16/h1,3H,2,4-5H2,(H,17,18)/p-1. The lowest BCUT2D eigenvalue weighted by atomic mass is 10.2. The van der Waals surface area contributed by atoms with Crippen molar-refractivity contribution in [2.45, 2.75) is 29.4 Å². The van der Waals surface area contributed by atoms with Gasteiger partial charge in [0.25, 0.3) is 0 Å². The van der Waals surface area contributed by atoms with Gasteiger partial charge in [0.1, 0.15) is 0 Å². The Morgan fingerprint density at radius 1 is 1.14 bits per heavy atom. The van der Waals surface area contributed by atoms with E-state index in [4.69, 9.17) is 11.6 Å². The molecule has 0 radical (unpaired) electrons. The zero-order valence-corrected chi connectivity index (χ0v) is 11.5. The molecule has 0 aliphatic heterocycles. The number of rotatable bonds is 6. The maximum atomic E-state index is 12.0. The summed E-state index contributed by atoms with van der Waals surface area (Å²) in [5.74, 6) is -4.19. The van der Waals surface area contributed by atoms with E-state index < -0.39 is 57.0 Å². The Labute approximate surface area is 120 Å². The number of carboxylic acids is 1. The minimum atomic E-state index is -5.11. The van der Waals surface area contributed by atoms with Crippen molar-refractivity contribution in [2.75, 3.05) is 5.75 Å². The van der Waals surface area contributed by atoms with Crippen LogP contribution >= 0.6 is 11.6 Å². The molecule has 4 nitrogen and oxygen atoms in total. The normalized spacial score (nSPS) is 16.9. The Morgan fingerprint density at radius 2 is 1.62 bits per heavy atom. The first kappa shape index (κ1) is 20.0. The van der Waals surface area contributed by atoms with Gasteiger partial charge in [-0.25, -0.2) is 8.42 Å². The Kier molecular flexibility index (Phi) is 6.13. The van der Waals surface area contributed by atoms with Gasteiger partial charge < -0.3 is 9.90 Å². The summed E-state index contributed by atoms with van der Waals surface area (Å²) in [6.45, 7) is 0. The second kappa shape index (κ2) is 6.42. The van der Waals surface area contributed by atoms with Crippen molar-refractivity contribution in [1.82, 2.24) is 0 Å². The number of hydrogen-bond donors (Lipinski definition) is 0. The van der Waals surface area contributed by atoms with Crippen LogP contribution in [0, 0.1) is 0 Å². The summed E-state index contributed by atoms with van der Waals surface area (Å²) in [6.07, 6.45) is -13.4. The van der Waals surface area contributed by atoms with Crippen LogP contribution in [0.1, 0.15) is 12.8 Å². The number of sulfone groups is 1. The number of carboxylic acid groups (broad SMARTS) is 1. The predicted molar refractivity (Wildman–Crippen MR) is 57.9 cm³/mol. The van der Waals surface area contributed by atoms with E-state index in [0.717, 1.165) is 0 Å². The Morgan fingerprint density at radius 3 is 1.95 bits per heavy atom. The summed E-state index contributed by atoms with van der Waals surface area (Å²) < 4.78 is 91.0. The van der Waals surface area contributed by atoms with Gasteiger partial charge in [0.2, 0.25) is 0 Å². The van der Waals surface area contributed by atoms with Crippen LogP contribution in [0.25, 0.3) is 0 Å². The smallest absolute Gasteiger partial charge is 0.409 e. The van der Waals surface area contributed by atoms with Crippen LogP contribution in [0.3, 0.4) is 0 Å². The van der Waals surface area contributed by atoms with E-state index in [-0.39, 0.29) is 6.08 Å². The number of halogens is 7. The maximum absolute atomic E-state index is 12.0. The summed E-state index contributed by atoms with van der Waals surface area (Å²) in [7, 11) is -5.11. The molecular formula is C9H8ClF6O4S-. The van der Waals surface area contributed by atoms with E-state index in [0.29, 0.717) is 0 Å². The molecule has 21 heavy (non-hydrogen) atoms. The molecule has 0 aromatic heterocycles. The number of alkyl halides is 7. The second-order valence-corrected chi connectivity index (χ2v) is 7.05. The molecule has 0 bridgehead atoms. The fourth-order valence-corrected chi connectivity index (χ4v) is 2.84. The Bertz CT molecular complexity index is 509. The summed E-state index contributed by atoms with van der Waals surface area (Å²) in [5, 5.41) is 10.7. The molecule has 1 atom stereocenters. The monoisotopic (exact) mass is 361 g/mol. The minimum absolute atomic E-state index is 0.0912. The van der Waals surface area contributed by atoms with Crippen LogP contribution in [-0.4, -0.2) is 36.7 Å². The fraction of sp³-hybridized carbons (Fsp3) is 0.667. The number of carbonyl (C=O) groups is 1. The molecule has 0 rings (SSSR count). The van der Waals surface area contributed by atoms with Gasteiger partial charge in [0.05, 0.1) is 18.1 Å². The molecule has 0 spiro atoms. The van der Waals surface area contributed by atoms with E-state index in [1.165, 1.54) is 0 Å². The van der Waals surface area contributed by atoms with Crippen molar-refractivity contribution in [3.63, 3.8) is 0 Å². The average Bonchev–Trinajstić information content (AvgIpc) is 2.23. The molecule has 0 saturated heterocycles. The van der Waals surface area contributed by atoms with Gasteiger partial charge in [-0.2, -0.15) is 26.3 Å². The van der Waals surface area contributed by atoms with Crippen molar-refractivity contribution in [3.8, 4) is 0 Å². The third kappa shape index (κ3) is 6.55. The lowest BCUT2D eigenvalue weighted by Crippen LogP contribution is -2.50. The zero-order valence-electron chi connectivity index (χ0n) is 9.96. The number of hydrogen-bond acceptors (Lipinski definition) is 4. The lowest BCUT2D eigenvalue weighted by molar-refractivity contribution is -0.306. The van der Waals surface area contributed by atoms with E-state index in [9.17, 15) is 44.7 Å². The van der Waals surface area contributed by atoms with Crippen LogP contribution in [0.15, 0.2) is 12.2 Å². The number of carbonyl (C=O) groups excluding carboxylic acids is 1. The van der Waals surface area contributed by atoms with Gasteiger partial charge >= 0.3 is 12.4 Å². The van der Waals surface area contributed by atoms with E-state index in [2.05, 4.69) is 0 Å². The molecule has 124 valence electrons. The van der Waals surface area contributed by atoms with Crippen molar-refractivity contribution in [1.29, 1.82) is 0 Å². The van der Waals surface area contributed by atoms with Crippen LogP contribution < -0.4 is 5.11 Å². The molecule has 0 fully saturated rings. The van der Waals surface area contributed by atoms with Crippen molar-refractivity contribution in [2.24, 2.45) is 0 Å². The molecule has 0 aromatic rings. The Hall–Kier alpha value is -0.970. The van der Waals surface area contributed by atoms with Crippen molar-refractivity contribution >= 4 is 27.4 Å². The van der Waals surface area contributed by atoms with Crippen LogP contribution in [0.2, 0.25) is 0 Å². The number of aliphatic carboxylic acids is 1. The summed E-state index contributed by atoms with van der Waals surface area (Å²) in [4.78, 5) is 10.7. The van der Waals surface area contributed by atoms with Gasteiger partial charge in [-0.05, 0) is 0 Å². The molecule has 0 N–H and O–H groups in total. The first-order valence-corrected chi connectivity index (χ1v) is 7.07. The number of allylic oxidation sites excluding steroid dienone is 2. The highest BCUT2D eigenvalue weighted by Gasteiger charge is 2.44. The fourth-order valence-electron chi connectivity index (χ4n) is 1.09. The van der Waals surface area contributed by atoms with Crippen molar-refractivity contribution in [3.05, 3.63) is 12.2 Å². The summed E-state index contributed by atoms with van der Waals surface area (Å²) >= 11 is 5.19. The minimum Gasteiger partial charge on any atom is -0.547 e. The topological polar surface area (TPSA) is 74.3 Å². The van der Waals surface area contributed by atoms with Crippen molar-refractivity contribution < 1.29 is 44.7 Å². The molecule has 0 saturated carbocycles. The highest BCUT2D eigenvalue weighted by Crippen LogP contribution is 2.32. The molecule has 0 aliphatic carbocycles. The summed E-state index contributed by atoms with van der Waals surface area (Å²) in [5.41, 5.74) is 0. The molecule has 0 amide bonds. The average molecular weight is 362 g/mol. The van der Waals surface area contributed by atoms with Gasteiger partial charge in [-0.3, -0.25) is 0 Å². The van der Waals surface area contributed by atoms with Gasteiger partial charge in [-0.15, -0.1) is 0 Å². The maximum Gasteiger partial charge on any atom is 0.409 e. The lowest BCUT2D eigenvalue weighted by Gasteiger charge is -2.27. The molecule has 0 heterocycles.